The van der Waals surface area contributed by atoms with E-state index < -0.39 is 0 Å². The number of aryl methyl sites for hydroxylation is 1. The van der Waals surface area contributed by atoms with Crippen molar-refractivity contribution in [3.8, 4) is 11.4 Å². The lowest BCUT2D eigenvalue weighted by molar-refractivity contribution is -0.136. The minimum atomic E-state index is -0.0112. The smallest absolute Gasteiger partial charge is 0.241 e. The van der Waals surface area contributed by atoms with Gasteiger partial charge in [0.25, 0.3) is 0 Å². The Morgan fingerprint density at radius 2 is 1.94 bits per heavy atom. The van der Waals surface area contributed by atoms with Crippen LogP contribution >= 0.6 is 11.6 Å². The maximum absolute atomic E-state index is 13.0. The number of nitrogens with zero attached hydrogens (tertiary/aromatic N) is 4. The molecule has 6 nitrogen and oxygen atoms in total. The number of carbonyl (C=O) groups excluding carboxylic acids is 1. The second kappa shape index (κ2) is 9.62. The van der Waals surface area contributed by atoms with Crippen LogP contribution in [0.2, 0.25) is 5.02 Å². The fourth-order valence-corrected chi connectivity index (χ4v) is 4.11. The van der Waals surface area contributed by atoms with Crippen molar-refractivity contribution >= 4 is 17.5 Å². The van der Waals surface area contributed by atoms with Gasteiger partial charge in [-0.25, -0.2) is 0 Å². The molecule has 1 fully saturated rings. The molecule has 1 aliphatic heterocycles. The minimum absolute atomic E-state index is 0.0112. The van der Waals surface area contributed by atoms with Crippen molar-refractivity contribution < 1.29 is 9.32 Å². The number of halogens is 1. The molecule has 0 radical (unpaired) electrons. The lowest BCUT2D eigenvalue weighted by atomic mass is 9.96. The van der Waals surface area contributed by atoms with Gasteiger partial charge in [0.05, 0.1) is 12.5 Å². The third-order valence-corrected chi connectivity index (χ3v) is 5.95. The molecule has 3 aromatic rings. The molecular weight excluding hydrogens is 412 g/mol. The van der Waals surface area contributed by atoms with Crippen molar-refractivity contribution in [3.05, 3.63) is 70.6 Å². The minimum Gasteiger partial charge on any atom is -0.341 e. The summed E-state index contributed by atoms with van der Waals surface area (Å²) in [5.41, 5.74) is 3.24. The Labute approximate surface area is 187 Å². The van der Waals surface area contributed by atoms with Gasteiger partial charge in [-0.05, 0) is 56.1 Å². The van der Waals surface area contributed by atoms with Crippen LogP contribution in [0.3, 0.4) is 0 Å². The number of hydrogen-bond donors (Lipinski definition) is 0. The quantitative estimate of drug-likeness (QED) is 0.564. The number of carbonyl (C=O) groups is 1. The Morgan fingerprint density at radius 1 is 1.19 bits per heavy atom. The first-order chi connectivity index (χ1) is 15.0. The summed E-state index contributed by atoms with van der Waals surface area (Å²) in [6, 6.07) is 15.7. The zero-order valence-corrected chi connectivity index (χ0v) is 18.7. The maximum Gasteiger partial charge on any atom is 0.241 e. The fourth-order valence-electron chi connectivity index (χ4n) is 3.98. The van der Waals surface area contributed by atoms with Crippen LogP contribution in [-0.4, -0.2) is 46.0 Å². The molecule has 0 saturated carbocycles. The standard InChI is InChI=1S/C24H27ClN4O2/c1-17-5-7-18(8-6-17)14-28(2)24(30)20-4-3-13-29(15-20)16-22-26-23(27-31-22)19-9-11-21(25)12-10-19/h5-12,20H,3-4,13-16H2,1-2H3. The number of amides is 1. The molecule has 1 amide bonds. The first kappa shape index (κ1) is 21.5. The number of benzene rings is 2. The second-order valence-electron chi connectivity index (χ2n) is 8.27. The molecule has 1 saturated heterocycles. The van der Waals surface area contributed by atoms with Crippen molar-refractivity contribution in [2.75, 3.05) is 20.1 Å². The van der Waals surface area contributed by atoms with E-state index in [0.717, 1.165) is 30.5 Å². The molecule has 0 aliphatic carbocycles. The highest BCUT2D eigenvalue weighted by Crippen LogP contribution is 2.23. The summed E-state index contributed by atoms with van der Waals surface area (Å²) < 4.78 is 5.45. The van der Waals surface area contributed by atoms with Crippen LogP contribution < -0.4 is 0 Å². The Morgan fingerprint density at radius 3 is 2.68 bits per heavy atom. The van der Waals surface area contributed by atoms with E-state index in [9.17, 15) is 4.79 Å². The third-order valence-electron chi connectivity index (χ3n) is 5.70. The van der Waals surface area contributed by atoms with Gasteiger partial charge in [-0.1, -0.05) is 46.6 Å². The molecule has 1 atom stereocenters. The van der Waals surface area contributed by atoms with Crippen LogP contribution in [0.15, 0.2) is 53.1 Å². The van der Waals surface area contributed by atoms with Crippen LogP contribution in [-0.2, 0) is 17.9 Å². The fraction of sp³-hybridized carbons (Fsp3) is 0.375. The van der Waals surface area contributed by atoms with Gasteiger partial charge in [0.2, 0.25) is 17.6 Å². The summed E-state index contributed by atoms with van der Waals surface area (Å²) in [5.74, 6) is 1.29. The van der Waals surface area contributed by atoms with Crippen molar-refractivity contribution in [1.29, 1.82) is 0 Å². The van der Waals surface area contributed by atoms with Gasteiger partial charge in [-0.15, -0.1) is 0 Å². The predicted molar refractivity (Wildman–Crippen MR) is 120 cm³/mol. The SMILES string of the molecule is Cc1ccc(CN(C)C(=O)C2CCCN(Cc3nc(-c4ccc(Cl)cc4)no3)C2)cc1. The lowest BCUT2D eigenvalue weighted by Crippen LogP contribution is -2.43. The average Bonchev–Trinajstić information content (AvgIpc) is 3.24. The highest BCUT2D eigenvalue weighted by molar-refractivity contribution is 6.30. The summed E-state index contributed by atoms with van der Waals surface area (Å²) in [6.45, 7) is 4.87. The largest absolute Gasteiger partial charge is 0.341 e. The molecule has 2 heterocycles. The monoisotopic (exact) mass is 438 g/mol. The Hall–Kier alpha value is -2.70. The highest BCUT2D eigenvalue weighted by Gasteiger charge is 2.29. The number of aromatic nitrogens is 2. The molecule has 31 heavy (non-hydrogen) atoms. The molecule has 7 heteroatoms. The van der Waals surface area contributed by atoms with E-state index in [-0.39, 0.29) is 11.8 Å². The van der Waals surface area contributed by atoms with E-state index >= 15 is 0 Å². The molecule has 0 spiro atoms. The predicted octanol–water partition coefficient (Wildman–Crippen LogP) is 4.57. The molecule has 1 unspecified atom stereocenters. The molecule has 162 valence electrons. The van der Waals surface area contributed by atoms with E-state index in [1.807, 2.05) is 24.1 Å². The van der Waals surface area contributed by atoms with Crippen LogP contribution in [0.5, 0.6) is 0 Å². The van der Waals surface area contributed by atoms with E-state index in [2.05, 4.69) is 46.2 Å². The van der Waals surface area contributed by atoms with E-state index in [1.165, 1.54) is 5.56 Å². The van der Waals surface area contributed by atoms with Gasteiger partial charge in [0, 0.05) is 30.7 Å². The van der Waals surface area contributed by atoms with Crippen molar-refractivity contribution in [2.45, 2.75) is 32.9 Å². The Bertz CT molecular complexity index is 1020. The molecule has 0 bridgehead atoms. The second-order valence-corrected chi connectivity index (χ2v) is 8.71. The van der Waals surface area contributed by atoms with Crippen molar-refractivity contribution in [2.24, 2.45) is 5.92 Å². The summed E-state index contributed by atoms with van der Waals surface area (Å²) in [6.07, 6.45) is 1.89. The van der Waals surface area contributed by atoms with Crippen LogP contribution in [0.1, 0.15) is 29.9 Å². The van der Waals surface area contributed by atoms with Gasteiger partial charge in [-0.2, -0.15) is 4.98 Å². The highest BCUT2D eigenvalue weighted by atomic mass is 35.5. The maximum atomic E-state index is 13.0. The summed E-state index contributed by atoms with van der Waals surface area (Å²) in [7, 11) is 1.89. The Balaban J connectivity index is 1.34. The molecule has 1 aromatic heterocycles. The molecule has 4 rings (SSSR count). The van der Waals surface area contributed by atoms with Crippen LogP contribution in [0, 0.1) is 12.8 Å². The summed E-state index contributed by atoms with van der Waals surface area (Å²) >= 11 is 5.94. The molecule has 0 N–H and O–H groups in total. The number of piperidine rings is 1. The lowest BCUT2D eigenvalue weighted by Gasteiger charge is -2.33. The third kappa shape index (κ3) is 5.51. The summed E-state index contributed by atoms with van der Waals surface area (Å²) in [4.78, 5) is 21.6. The van der Waals surface area contributed by atoms with Crippen LogP contribution in [0.25, 0.3) is 11.4 Å². The average molecular weight is 439 g/mol. The van der Waals surface area contributed by atoms with E-state index in [4.69, 9.17) is 16.1 Å². The summed E-state index contributed by atoms with van der Waals surface area (Å²) in [5, 5.41) is 4.76. The number of rotatable bonds is 6. The normalized spacial score (nSPS) is 16.9. The van der Waals surface area contributed by atoms with Crippen LogP contribution in [0.4, 0.5) is 0 Å². The van der Waals surface area contributed by atoms with Gasteiger partial charge < -0.3 is 9.42 Å². The van der Waals surface area contributed by atoms with Gasteiger partial charge in [-0.3, -0.25) is 9.69 Å². The zero-order chi connectivity index (χ0) is 21.8. The molecular formula is C24H27ClN4O2. The number of hydrogen-bond acceptors (Lipinski definition) is 5. The van der Waals surface area contributed by atoms with E-state index in [1.54, 1.807) is 12.1 Å². The van der Waals surface area contributed by atoms with Crippen molar-refractivity contribution in [3.63, 3.8) is 0 Å². The van der Waals surface area contributed by atoms with Gasteiger partial charge >= 0.3 is 0 Å². The molecule has 1 aliphatic rings. The molecule has 2 aromatic carbocycles. The first-order valence-electron chi connectivity index (χ1n) is 10.6. The number of likely N-dealkylation sites (tertiary alicyclic amines) is 1. The zero-order valence-electron chi connectivity index (χ0n) is 17.9. The Kier molecular flexibility index (Phi) is 6.68. The van der Waals surface area contributed by atoms with E-state index in [0.29, 0.717) is 36.4 Å². The van der Waals surface area contributed by atoms with Crippen molar-refractivity contribution in [1.82, 2.24) is 19.9 Å². The topological polar surface area (TPSA) is 62.5 Å². The van der Waals surface area contributed by atoms with Gasteiger partial charge in [0.1, 0.15) is 0 Å². The first-order valence-corrected chi connectivity index (χ1v) is 11.0. The van der Waals surface area contributed by atoms with Gasteiger partial charge in [0.15, 0.2) is 0 Å².